The molecule has 0 unspecified atom stereocenters. The zero-order valence-electron chi connectivity index (χ0n) is 12.6. The van der Waals surface area contributed by atoms with Crippen LogP contribution in [0.2, 0.25) is 0 Å². The van der Waals surface area contributed by atoms with Crippen molar-refractivity contribution in [3.05, 3.63) is 11.3 Å². The molecule has 18 heavy (non-hydrogen) atoms. The van der Waals surface area contributed by atoms with Gasteiger partial charge in [0.2, 0.25) is 0 Å². The third kappa shape index (κ3) is 2.20. The summed E-state index contributed by atoms with van der Waals surface area (Å²) < 4.78 is 0. The fraction of sp³-hybridized carbons (Fsp3) is 0.800. The predicted molar refractivity (Wildman–Crippen MR) is 77.5 cm³/mol. The van der Waals surface area contributed by atoms with Crippen molar-refractivity contribution in [2.45, 2.75) is 60.0 Å². The lowest BCUT2D eigenvalue weighted by Crippen LogP contribution is -2.43. The van der Waals surface area contributed by atoms with Crippen LogP contribution in [0.1, 0.15) is 48.0 Å². The van der Waals surface area contributed by atoms with Crippen molar-refractivity contribution in [3.63, 3.8) is 0 Å². The normalized spacial score (nSPS) is 28.9. The van der Waals surface area contributed by atoms with Crippen molar-refractivity contribution in [1.82, 2.24) is 4.90 Å². The minimum absolute atomic E-state index is 0.0894. The van der Waals surface area contributed by atoms with Gasteiger partial charge in [0.05, 0.1) is 6.04 Å². The summed E-state index contributed by atoms with van der Waals surface area (Å²) in [5, 5.41) is 0. The van der Waals surface area contributed by atoms with E-state index in [2.05, 4.69) is 46.4 Å². The van der Waals surface area contributed by atoms with Gasteiger partial charge >= 0.3 is 0 Å². The number of amidine groups is 1. The minimum Gasteiger partial charge on any atom is -0.332 e. The Morgan fingerprint density at radius 1 is 1.33 bits per heavy atom. The van der Waals surface area contributed by atoms with Crippen LogP contribution in [0.4, 0.5) is 0 Å². The molecular weight excluding hydrogens is 222 g/mol. The SMILES string of the molecule is CC(C)C1=C2C[C@H](N)CN2C(C(C)(C)C)=N[C@H]1C. The van der Waals surface area contributed by atoms with E-state index in [-0.39, 0.29) is 11.5 Å². The van der Waals surface area contributed by atoms with E-state index in [9.17, 15) is 0 Å². The average molecular weight is 249 g/mol. The summed E-state index contributed by atoms with van der Waals surface area (Å²) in [6.45, 7) is 14.4. The Balaban J connectivity index is 2.47. The van der Waals surface area contributed by atoms with E-state index in [1.165, 1.54) is 17.1 Å². The molecule has 2 rings (SSSR count). The van der Waals surface area contributed by atoms with E-state index >= 15 is 0 Å². The molecule has 0 bridgehead atoms. The molecule has 2 atom stereocenters. The van der Waals surface area contributed by atoms with Gasteiger partial charge in [0.1, 0.15) is 5.84 Å². The van der Waals surface area contributed by atoms with Gasteiger partial charge in [-0.05, 0) is 18.4 Å². The van der Waals surface area contributed by atoms with E-state index in [1.807, 2.05) is 0 Å². The molecule has 0 aromatic carbocycles. The minimum atomic E-state index is 0.0894. The number of nitrogens with two attached hydrogens (primary N) is 1. The molecule has 0 aromatic heterocycles. The van der Waals surface area contributed by atoms with Crippen molar-refractivity contribution in [1.29, 1.82) is 0 Å². The van der Waals surface area contributed by atoms with Gasteiger partial charge in [-0.1, -0.05) is 34.6 Å². The standard InChI is InChI=1S/C15H27N3/c1-9(2)13-10(3)17-14(15(4,5)6)18-8-11(16)7-12(13)18/h9-11H,7-8,16H2,1-6H3/t10-,11-/m0/s1. The Kier molecular flexibility index (Phi) is 3.30. The lowest BCUT2D eigenvalue weighted by molar-refractivity contribution is 0.431. The highest BCUT2D eigenvalue weighted by Gasteiger charge is 2.39. The Labute approximate surface area is 111 Å². The number of rotatable bonds is 1. The van der Waals surface area contributed by atoms with Gasteiger partial charge in [0, 0.05) is 30.1 Å². The molecule has 2 heterocycles. The molecule has 2 aliphatic rings. The second-order valence-electron chi connectivity index (χ2n) is 7.01. The van der Waals surface area contributed by atoms with Crippen LogP contribution in [-0.2, 0) is 0 Å². The van der Waals surface area contributed by atoms with E-state index in [4.69, 9.17) is 10.7 Å². The molecule has 0 spiro atoms. The molecule has 2 N–H and O–H groups in total. The van der Waals surface area contributed by atoms with Gasteiger partial charge < -0.3 is 10.6 Å². The predicted octanol–water partition coefficient (Wildman–Crippen LogP) is 2.78. The molecule has 0 saturated carbocycles. The van der Waals surface area contributed by atoms with Crippen molar-refractivity contribution in [3.8, 4) is 0 Å². The lowest BCUT2D eigenvalue weighted by Gasteiger charge is -2.38. The molecule has 2 aliphatic heterocycles. The first-order valence-electron chi connectivity index (χ1n) is 7.06. The van der Waals surface area contributed by atoms with Crippen molar-refractivity contribution < 1.29 is 0 Å². The molecule has 3 heteroatoms. The van der Waals surface area contributed by atoms with Crippen molar-refractivity contribution in [2.24, 2.45) is 22.1 Å². The second kappa shape index (κ2) is 4.37. The molecule has 3 nitrogen and oxygen atoms in total. The maximum absolute atomic E-state index is 6.18. The summed E-state index contributed by atoms with van der Waals surface area (Å²) in [7, 11) is 0. The average Bonchev–Trinajstić information content (AvgIpc) is 2.54. The summed E-state index contributed by atoms with van der Waals surface area (Å²) >= 11 is 0. The van der Waals surface area contributed by atoms with Crippen LogP contribution < -0.4 is 5.73 Å². The largest absolute Gasteiger partial charge is 0.332 e. The first kappa shape index (κ1) is 13.6. The van der Waals surface area contributed by atoms with Gasteiger partial charge in [-0.3, -0.25) is 4.99 Å². The van der Waals surface area contributed by atoms with Crippen molar-refractivity contribution in [2.75, 3.05) is 6.54 Å². The monoisotopic (exact) mass is 249 g/mol. The van der Waals surface area contributed by atoms with Gasteiger partial charge in [-0.25, -0.2) is 0 Å². The van der Waals surface area contributed by atoms with Crippen LogP contribution in [0.15, 0.2) is 16.3 Å². The summed E-state index contributed by atoms with van der Waals surface area (Å²) in [6, 6.07) is 0.558. The zero-order chi connectivity index (χ0) is 13.7. The van der Waals surface area contributed by atoms with Gasteiger partial charge in [0.15, 0.2) is 0 Å². The van der Waals surface area contributed by atoms with Crippen LogP contribution in [0.5, 0.6) is 0 Å². The highest BCUT2D eigenvalue weighted by atomic mass is 15.3. The van der Waals surface area contributed by atoms with Gasteiger partial charge in [0.25, 0.3) is 0 Å². The van der Waals surface area contributed by atoms with Crippen LogP contribution >= 0.6 is 0 Å². The van der Waals surface area contributed by atoms with E-state index < -0.39 is 0 Å². The number of hydrogen-bond donors (Lipinski definition) is 1. The van der Waals surface area contributed by atoms with Crippen molar-refractivity contribution >= 4 is 5.84 Å². The summed E-state index contributed by atoms with van der Waals surface area (Å²) in [4.78, 5) is 7.35. The molecule has 0 aliphatic carbocycles. The van der Waals surface area contributed by atoms with Crippen LogP contribution in [0.3, 0.4) is 0 Å². The Bertz CT molecular complexity index is 398. The number of aliphatic imine (C=N–C) groups is 1. The topological polar surface area (TPSA) is 41.6 Å². The van der Waals surface area contributed by atoms with E-state index in [0.717, 1.165) is 13.0 Å². The molecule has 1 saturated heterocycles. The Morgan fingerprint density at radius 2 is 1.94 bits per heavy atom. The van der Waals surface area contributed by atoms with Crippen LogP contribution in [-0.4, -0.2) is 29.4 Å². The van der Waals surface area contributed by atoms with Crippen LogP contribution in [0.25, 0.3) is 0 Å². The number of hydrogen-bond acceptors (Lipinski definition) is 3. The first-order valence-corrected chi connectivity index (χ1v) is 7.06. The fourth-order valence-corrected chi connectivity index (χ4v) is 3.23. The number of nitrogens with zero attached hydrogens (tertiary/aromatic N) is 2. The Hall–Kier alpha value is -0.830. The smallest absolute Gasteiger partial charge is 0.109 e. The molecule has 0 aromatic rings. The van der Waals surface area contributed by atoms with Crippen LogP contribution in [0, 0.1) is 11.3 Å². The quantitative estimate of drug-likeness (QED) is 0.776. The van der Waals surface area contributed by atoms with E-state index in [1.54, 1.807) is 0 Å². The molecule has 1 fully saturated rings. The molecule has 102 valence electrons. The third-order valence-corrected chi connectivity index (χ3v) is 3.85. The highest BCUT2D eigenvalue weighted by Crippen LogP contribution is 2.38. The maximum atomic E-state index is 6.18. The van der Waals surface area contributed by atoms with E-state index in [0.29, 0.717) is 12.0 Å². The zero-order valence-corrected chi connectivity index (χ0v) is 12.6. The number of fused-ring (bicyclic) bond motifs is 1. The highest BCUT2D eigenvalue weighted by molar-refractivity contribution is 5.90. The second-order valence-corrected chi connectivity index (χ2v) is 7.01. The molecular formula is C15H27N3. The third-order valence-electron chi connectivity index (χ3n) is 3.85. The molecule has 0 radical (unpaired) electrons. The summed E-state index contributed by atoms with van der Waals surface area (Å²) in [5.41, 5.74) is 9.20. The lowest BCUT2D eigenvalue weighted by atomic mass is 9.88. The first-order chi connectivity index (χ1) is 8.21. The summed E-state index contributed by atoms with van der Waals surface area (Å²) in [6.07, 6.45) is 1.01. The Morgan fingerprint density at radius 3 is 2.44 bits per heavy atom. The summed E-state index contributed by atoms with van der Waals surface area (Å²) in [5.74, 6) is 1.76. The van der Waals surface area contributed by atoms with Gasteiger partial charge in [-0.2, -0.15) is 0 Å². The fourth-order valence-electron chi connectivity index (χ4n) is 3.23. The molecule has 0 amide bonds. The van der Waals surface area contributed by atoms with Gasteiger partial charge in [-0.15, -0.1) is 0 Å². The maximum Gasteiger partial charge on any atom is 0.109 e.